The van der Waals surface area contributed by atoms with Crippen LogP contribution in [-0.2, 0) is 38.8 Å². The van der Waals surface area contributed by atoms with E-state index < -0.39 is 11.1 Å². The number of methoxy groups -OCH3 is 1. The van der Waals surface area contributed by atoms with E-state index in [2.05, 4.69) is 35.2 Å². The van der Waals surface area contributed by atoms with Gasteiger partial charge in [-0.3, -0.25) is 4.79 Å². The average Bonchev–Trinajstić information content (AvgIpc) is 3.66. The Hall–Kier alpha value is -4.92. The van der Waals surface area contributed by atoms with E-state index in [4.69, 9.17) is 14.2 Å². The molecule has 1 fully saturated rings. The molecule has 0 spiro atoms. The topological polar surface area (TPSA) is 114 Å². The number of carbonyl (C=O) groups excluding carboxylic acids is 2. The standard InChI is InChI=1S/C25H27NO8.C16H24/c1-3-4-5-6-7-25(28)34-22-14-12-19(16-23(22)31-2)13-15-24(27)32-17-20-8-10-21(11-9-20)18-33-26(29)30;1-3-9-15(10-4-1)11-5-2-6-12-16-13-7-8-14-16/h3-4,8-16H,5-7,17-18H2,1-2H3;1,3-4,9-10,16H,2,5-8,11-14H2/b4-3-,15-13+;. The average molecular weight is 686 g/mol. The van der Waals surface area contributed by atoms with E-state index in [0.717, 1.165) is 17.9 Å². The van der Waals surface area contributed by atoms with E-state index >= 15 is 0 Å². The summed E-state index contributed by atoms with van der Waals surface area (Å²) in [7, 11) is 1.47. The lowest BCUT2D eigenvalue weighted by molar-refractivity contribution is -0.763. The number of esters is 2. The number of unbranched alkanes of at least 4 members (excludes halogenated alkanes) is 3. The van der Waals surface area contributed by atoms with Gasteiger partial charge < -0.3 is 19.0 Å². The lowest BCUT2D eigenvalue weighted by Crippen LogP contribution is -2.08. The summed E-state index contributed by atoms with van der Waals surface area (Å²) in [5, 5.41) is 9.36. The van der Waals surface area contributed by atoms with Crippen LogP contribution in [0.1, 0.15) is 99.8 Å². The smallest absolute Gasteiger partial charge is 0.331 e. The molecule has 268 valence electrons. The van der Waals surface area contributed by atoms with E-state index in [1.165, 1.54) is 76.5 Å². The van der Waals surface area contributed by atoms with E-state index in [-0.39, 0.29) is 19.2 Å². The van der Waals surface area contributed by atoms with Crippen LogP contribution in [0, 0.1) is 16.0 Å². The summed E-state index contributed by atoms with van der Waals surface area (Å²) in [6.45, 7) is 1.83. The van der Waals surface area contributed by atoms with Gasteiger partial charge >= 0.3 is 11.9 Å². The number of aryl methyl sites for hydroxylation is 1. The van der Waals surface area contributed by atoms with E-state index in [9.17, 15) is 19.7 Å². The lowest BCUT2D eigenvalue weighted by Gasteiger charge is -2.10. The quantitative estimate of drug-likeness (QED) is 0.0233. The molecule has 1 aliphatic carbocycles. The molecule has 0 atom stereocenters. The van der Waals surface area contributed by atoms with Crippen molar-refractivity contribution in [3.63, 3.8) is 0 Å². The fourth-order valence-corrected chi connectivity index (χ4v) is 5.69. The minimum Gasteiger partial charge on any atom is -0.493 e. The Bertz CT molecular complexity index is 1490. The molecule has 4 rings (SSSR count). The van der Waals surface area contributed by atoms with Crippen molar-refractivity contribution >= 4 is 18.0 Å². The first kappa shape index (κ1) is 39.5. The molecule has 0 N–H and O–H groups in total. The van der Waals surface area contributed by atoms with E-state index in [1.807, 2.05) is 19.1 Å². The minimum absolute atomic E-state index is 0.0474. The minimum atomic E-state index is -0.856. The van der Waals surface area contributed by atoms with Crippen molar-refractivity contribution in [1.82, 2.24) is 0 Å². The Kier molecular flexibility index (Phi) is 18.5. The number of carbonyl (C=O) groups is 2. The normalized spacial score (nSPS) is 12.8. The number of nitrogens with zero attached hydrogens (tertiary/aromatic N) is 1. The van der Waals surface area contributed by atoms with Gasteiger partial charge in [0.1, 0.15) is 13.2 Å². The third-order valence-electron chi connectivity index (χ3n) is 8.45. The summed E-state index contributed by atoms with van der Waals surface area (Å²) in [5.41, 5.74) is 3.52. The molecule has 0 amide bonds. The largest absolute Gasteiger partial charge is 0.493 e. The van der Waals surface area contributed by atoms with Gasteiger partial charge in [-0.05, 0) is 79.0 Å². The molecule has 0 saturated heterocycles. The molecule has 0 unspecified atom stereocenters. The molecule has 9 nitrogen and oxygen atoms in total. The second-order valence-corrected chi connectivity index (χ2v) is 12.3. The van der Waals surface area contributed by atoms with Crippen LogP contribution in [0.5, 0.6) is 11.5 Å². The van der Waals surface area contributed by atoms with Crippen LogP contribution in [0.2, 0.25) is 0 Å². The van der Waals surface area contributed by atoms with Crippen molar-refractivity contribution in [2.45, 2.75) is 97.2 Å². The van der Waals surface area contributed by atoms with E-state index in [1.54, 1.807) is 48.5 Å². The fourth-order valence-electron chi connectivity index (χ4n) is 5.69. The summed E-state index contributed by atoms with van der Waals surface area (Å²) in [4.78, 5) is 38.6. The summed E-state index contributed by atoms with van der Waals surface area (Å²) in [5.74, 6) is 0.880. The van der Waals surface area contributed by atoms with Gasteiger partial charge in [0.05, 0.1) is 7.11 Å². The van der Waals surface area contributed by atoms with Gasteiger partial charge in [0.25, 0.3) is 5.09 Å². The van der Waals surface area contributed by atoms with Crippen LogP contribution in [-0.4, -0.2) is 24.1 Å². The van der Waals surface area contributed by atoms with Crippen LogP contribution in [0.25, 0.3) is 6.08 Å². The zero-order valence-electron chi connectivity index (χ0n) is 29.4. The Morgan fingerprint density at radius 1 is 0.860 bits per heavy atom. The first-order valence-corrected chi connectivity index (χ1v) is 17.6. The lowest BCUT2D eigenvalue weighted by atomic mass is 9.98. The van der Waals surface area contributed by atoms with Crippen molar-refractivity contribution in [2.24, 2.45) is 5.92 Å². The number of hydrogen-bond acceptors (Lipinski definition) is 8. The molecule has 3 aromatic rings. The number of hydrogen-bond donors (Lipinski definition) is 0. The van der Waals surface area contributed by atoms with Crippen molar-refractivity contribution in [1.29, 1.82) is 0 Å². The maximum Gasteiger partial charge on any atom is 0.331 e. The van der Waals surface area contributed by atoms with Gasteiger partial charge in [-0.15, -0.1) is 10.1 Å². The van der Waals surface area contributed by atoms with Crippen LogP contribution in [0.3, 0.4) is 0 Å². The molecule has 0 aromatic heterocycles. The van der Waals surface area contributed by atoms with Gasteiger partial charge in [0.15, 0.2) is 11.5 Å². The Morgan fingerprint density at radius 3 is 2.26 bits per heavy atom. The highest BCUT2D eigenvalue weighted by molar-refractivity contribution is 5.87. The zero-order valence-corrected chi connectivity index (χ0v) is 29.4. The Labute approximate surface area is 296 Å². The van der Waals surface area contributed by atoms with Crippen molar-refractivity contribution < 1.29 is 33.7 Å². The summed E-state index contributed by atoms with van der Waals surface area (Å²) in [6, 6.07) is 22.6. The molecule has 1 aliphatic rings. The number of ether oxygens (including phenoxy) is 3. The molecule has 0 radical (unpaired) electrons. The predicted octanol–water partition coefficient (Wildman–Crippen LogP) is 9.79. The van der Waals surface area contributed by atoms with Crippen LogP contribution in [0.15, 0.2) is 91.0 Å². The second-order valence-electron chi connectivity index (χ2n) is 12.3. The number of rotatable bonds is 19. The molecule has 0 aliphatic heterocycles. The van der Waals surface area contributed by atoms with Crippen LogP contribution in [0.4, 0.5) is 0 Å². The fraction of sp³-hybridized carbons (Fsp3) is 0.415. The van der Waals surface area contributed by atoms with Gasteiger partial charge in [-0.25, -0.2) is 4.79 Å². The van der Waals surface area contributed by atoms with Crippen molar-refractivity contribution in [3.05, 3.63) is 123 Å². The van der Waals surface area contributed by atoms with Gasteiger partial charge in [-0.2, -0.15) is 0 Å². The third-order valence-corrected chi connectivity index (χ3v) is 8.45. The first-order valence-electron chi connectivity index (χ1n) is 17.6. The van der Waals surface area contributed by atoms with Gasteiger partial charge in [0, 0.05) is 12.5 Å². The van der Waals surface area contributed by atoms with Crippen molar-refractivity contribution in [3.8, 4) is 11.5 Å². The highest BCUT2D eigenvalue weighted by Crippen LogP contribution is 2.30. The van der Waals surface area contributed by atoms with Crippen LogP contribution < -0.4 is 9.47 Å². The van der Waals surface area contributed by atoms with Crippen LogP contribution >= 0.6 is 0 Å². The molecule has 0 heterocycles. The Morgan fingerprint density at radius 2 is 1.58 bits per heavy atom. The molecule has 9 heteroatoms. The maximum absolute atomic E-state index is 12.0. The molecular formula is C41H51NO8. The highest BCUT2D eigenvalue weighted by atomic mass is 16.9. The molecule has 1 saturated carbocycles. The van der Waals surface area contributed by atoms with E-state index in [0.29, 0.717) is 35.5 Å². The van der Waals surface area contributed by atoms with Gasteiger partial charge in [-0.1, -0.05) is 118 Å². The monoisotopic (exact) mass is 685 g/mol. The van der Waals surface area contributed by atoms with Gasteiger partial charge in [0.2, 0.25) is 0 Å². The molecule has 0 bridgehead atoms. The summed E-state index contributed by atoms with van der Waals surface area (Å²) in [6.07, 6.45) is 21.6. The third kappa shape index (κ3) is 16.5. The summed E-state index contributed by atoms with van der Waals surface area (Å²) < 4.78 is 15.9. The maximum atomic E-state index is 12.0. The molecular weight excluding hydrogens is 634 g/mol. The van der Waals surface area contributed by atoms with Crippen molar-refractivity contribution in [2.75, 3.05) is 7.11 Å². The molecule has 50 heavy (non-hydrogen) atoms. The zero-order chi connectivity index (χ0) is 35.8. The second kappa shape index (κ2) is 23.4. The SMILES string of the molecule is C/C=C\CCCC(=O)Oc1ccc(/C=C/C(=O)OCc2ccc(CO[N+](=O)[O-])cc2)cc1OC.c1ccc(CCCCCC2CCCC2)cc1. The Balaban J connectivity index is 0.000000349. The first-order chi connectivity index (χ1) is 24.4. The molecule has 3 aromatic carbocycles. The summed E-state index contributed by atoms with van der Waals surface area (Å²) >= 11 is 0. The number of benzene rings is 3. The highest BCUT2D eigenvalue weighted by Gasteiger charge is 2.14. The number of allylic oxidation sites excluding steroid dienone is 2. The predicted molar refractivity (Wildman–Crippen MR) is 195 cm³/mol.